The van der Waals surface area contributed by atoms with Crippen molar-refractivity contribution in [3.63, 3.8) is 0 Å². The molecule has 3 N–H and O–H groups in total. The van der Waals surface area contributed by atoms with Gasteiger partial charge in [0.1, 0.15) is 0 Å². The van der Waals surface area contributed by atoms with E-state index in [0.717, 1.165) is 27.8 Å². The second kappa shape index (κ2) is 5.79. The molecule has 22 heavy (non-hydrogen) atoms. The lowest BCUT2D eigenvalue weighted by molar-refractivity contribution is 0.0706. The first-order valence-electron chi connectivity index (χ1n) is 6.69. The van der Waals surface area contributed by atoms with E-state index in [-0.39, 0.29) is 0 Å². The van der Waals surface area contributed by atoms with Crippen LogP contribution in [-0.4, -0.2) is 21.1 Å². The quantitative estimate of drug-likeness (QED) is 0.511. The van der Waals surface area contributed by atoms with Crippen LogP contribution in [0.2, 0.25) is 0 Å². The number of aromatic nitrogens is 2. The molecule has 0 fully saturated rings. The van der Waals surface area contributed by atoms with E-state index < -0.39 is 5.91 Å². The van der Waals surface area contributed by atoms with Crippen LogP contribution in [0.15, 0.2) is 48.9 Å². The van der Waals surface area contributed by atoms with E-state index in [2.05, 4.69) is 15.3 Å². The largest absolute Gasteiger partial charge is 0.355 e. The molecule has 0 bridgehead atoms. The van der Waals surface area contributed by atoms with Gasteiger partial charge in [-0.05, 0) is 42.8 Å². The molecule has 0 atom stereocenters. The molecule has 2 heterocycles. The highest BCUT2D eigenvalue weighted by Crippen LogP contribution is 2.25. The summed E-state index contributed by atoms with van der Waals surface area (Å²) < 4.78 is 0. The highest BCUT2D eigenvalue weighted by Gasteiger charge is 2.08. The summed E-state index contributed by atoms with van der Waals surface area (Å²) in [6.45, 7) is 1.96. The van der Waals surface area contributed by atoms with E-state index in [0.29, 0.717) is 5.56 Å². The van der Waals surface area contributed by atoms with Gasteiger partial charge in [-0.3, -0.25) is 20.0 Å². The van der Waals surface area contributed by atoms with Gasteiger partial charge in [-0.2, -0.15) is 0 Å². The number of pyridine rings is 2. The van der Waals surface area contributed by atoms with E-state index in [1.165, 1.54) is 6.20 Å². The predicted octanol–water partition coefficient (Wildman–Crippen LogP) is 2.80. The molecule has 0 spiro atoms. The molecule has 110 valence electrons. The molecule has 3 aromatic rings. The van der Waals surface area contributed by atoms with Crippen LogP contribution >= 0.6 is 0 Å². The smallest absolute Gasteiger partial charge is 0.276 e. The van der Waals surface area contributed by atoms with Crippen LogP contribution < -0.4 is 10.8 Å². The molecule has 3 rings (SSSR count). The van der Waals surface area contributed by atoms with Crippen LogP contribution in [-0.2, 0) is 0 Å². The number of hydrogen-bond acceptors (Lipinski definition) is 5. The summed E-state index contributed by atoms with van der Waals surface area (Å²) in [5.74, 6) is -0.584. The Kier molecular flexibility index (Phi) is 3.67. The molecule has 0 unspecified atom stereocenters. The normalized spacial score (nSPS) is 10.5. The molecular weight excluding hydrogens is 280 g/mol. The summed E-state index contributed by atoms with van der Waals surface area (Å²) in [6, 6.07) is 9.32. The summed E-state index contributed by atoms with van der Waals surface area (Å²) in [5, 5.41) is 12.8. The summed E-state index contributed by atoms with van der Waals surface area (Å²) in [4.78, 5) is 19.8. The van der Waals surface area contributed by atoms with Gasteiger partial charge < -0.3 is 5.32 Å². The van der Waals surface area contributed by atoms with E-state index in [4.69, 9.17) is 5.21 Å². The maximum absolute atomic E-state index is 11.5. The van der Waals surface area contributed by atoms with Gasteiger partial charge in [0.25, 0.3) is 5.91 Å². The third-order valence-corrected chi connectivity index (χ3v) is 3.31. The van der Waals surface area contributed by atoms with Crippen molar-refractivity contribution in [3.05, 3.63) is 60.0 Å². The fourth-order valence-electron chi connectivity index (χ4n) is 2.29. The van der Waals surface area contributed by atoms with Crippen LogP contribution in [0.5, 0.6) is 0 Å². The molecule has 2 aromatic heterocycles. The van der Waals surface area contributed by atoms with Gasteiger partial charge in [-0.25, -0.2) is 5.48 Å². The van der Waals surface area contributed by atoms with Crippen molar-refractivity contribution >= 4 is 28.2 Å². The lowest BCUT2D eigenvalue weighted by Crippen LogP contribution is -2.18. The van der Waals surface area contributed by atoms with Gasteiger partial charge >= 0.3 is 0 Å². The number of nitrogens with one attached hydrogen (secondary N) is 2. The molecule has 6 nitrogen and oxygen atoms in total. The van der Waals surface area contributed by atoms with Gasteiger partial charge in [0.15, 0.2) is 0 Å². The maximum Gasteiger partial charge on any atom is 0.276 e. The molecule has 0 aliphatic carbocycles. The number of carbonyl (C=O) groups excluding carboxylic acids is 1. The zero-order valence-electron chi connectivity index (χ0n) is 11.9. The first kappa shape index (κ1) is 14.0. The van der Waals surface area contributed by atoms with Crippen molar-refractivity contribution < 1.29 is 10.0 Å². The summed E-state index contributed by atoms with van der Waals surface area (Å²) >= 11 is 0. The van der Waals surface area contributed by atoms with E-state index in [1.807, 2.05) is 31.2 Å². The minimum atomic E-state index is -0.584. The zero-order valence-corrected chi connectivity index (χ0v) is 11.9. The highest BCUT2D eigenvalue weighted by molar-refractivity contribution is 5.97. The molecule has 0 saturated carbocycles. The number of rotatable bonds is 3. The summed E-state index contributed by atoms with van der Waals surface area (Å²) in [6.07, 6.45) is 4.86. The molecule has 0 saturated heterocycles. The molecule has 1 aromatic carbocycles. The fourth-order valence-corrected chi connectivity index (χ4v) is 2.29. The lowest BCUT2D eigenvalue weighted by atomic mass is 10.1. The van der Waals surface area contributed by atoms with Gasteiger partial charge in [0, 0.05) is 35.4 Å². The van der Waals surface area contributed by atoms with E-state index in [1.54, 1.807) is 23.9 Å². The Labute approximate surface area is 126 Å². The van der Waals surface area contributed by atoms with Crippen molar-refractivity contribution in [2.45, 2.75) is 6.92 Å². The summed E-state index contributed by atoms with van der Waals surface area (Å²) in [7, 11) is 0. The summed E-state index contributed by atoms with van der Waals surface area (Å²) in [5.41, 5.74) is 5.53. The minimum absolute atomic E-state index is 0.301. The predicted molar refractivity (Wildman–Crippen MR) is 83.3 cm³/mol. The second-order valence-electron chi connectivity index (χ2n) is 4.89. The Balaban J connectivity index is 2.03. The number of aryl methyl sites for hydroxylation is 1. The van der Waals surface area contributed by atoms with Gasteiger partial charge in [0.05, 0.1) is 11.1 Å². The number of fused-ring (bicyclic) bond motifs is 1. The fraction of sp³-hybridized carbons (Fsp3) is 0.0625. The van der Waals surface area contributed by atoms with Crippen LogP contribution in [0.25, 0.3) is 10.9 Å². The number of nitrogens with zero attached hydrogens (tertiary/aromatic N) is 2. The lowest BCUT2D eigenvalue weighted by Gasteiger charge is -2.10. The molecule has 1 amide bonds. The van der Waals surface area contributed by atoms with Crippen molar-refractivity contribution in [2.24, 2.45) is 0 Å². The van der Waals surface area contributed by atoms with Crippen molar-refractivity contribution in [3.8, 4) is 0 Å². The van der Waals surface area contributed by atoms with Gasteiger partial charge in [-0.1, -0.05) is 0 Å². The SMILES string of the molecule is Cc1cc(Nc2ccncc2)cc2cc(C(=O)NO)cnc12. The average molecular weight is 294 g/mol. The Morgan fingerprint density at radius 3 is 2.64 bits per heavy atom. The van der Waals surface area contributed by atoms with Crippen molar-refractivity contribution in [2.75, 3.05) is 5.32 Å². The van der Waals surface area contributed by atoms with Gasteiger partial charge in [0.2, 0.25) is 0 Å². The Morgan fingerprint density at radius 1 is 1.14 bits per heavy atom. The maximum atomic E-state index is 11.5. The minimum Gasteiger partial charge on any atom is -0.355 e. The zero-order chi connectivity index (χ0) is 15.5. The molecule has 0 aliphatic rings. The van der Waals surface area contributed by atoms with Crippen LogP contribution in [0, 0.1) is 6.92 Å². The average Bonchev–Trinajstić information content (AvgIpc) is 2.54. The number of amides is 1. The van der Waals surface area contributed by atoms with Crippen LogP contribution in [0.1, 0.15) is 15.9 Å². The first-order chi connectivity index (χ1) is 10.7. The number of hydrogen-bond donors (Lipinski definition) is 3. The van der Waals surface area contributed by atoms with Gasteiger partial charge in [-0.15, -0.1) is 0 Å². The first-order valence-corrected chi connectivity index (χ1v) is 6.69. The topological polar surface area (TPSA) is 87.1 Å². The molecule has 0 radical (unpaired) electrons. The molecule has 0 aliphatic heterocycles. The third-order valence-electron chi connectivity index (χ3n) is 3.31. The van der Waals surface area contributed by atoms with Crippen LogP contribution in [0.3, 0.4) is 0 Å². The highest BCUT2D eigenvalue weighted by atomic mass is 16.5. The van der Waals surface area contributed by atoms with Crippen molar-refractivity contribution in [1.82, 2.24) is 15.4 Å². The van der Waals surface area contributed by atoms with Crippen LogP contribution in [0.4, 0.5) is 11.4 Å². The Bertz CT molecular complexity index is 834. The molecular formula is C16H14N4O2. The Morgan fingerprint density at radius 2 is 1.91 bits per heavy atom. The number of benzene rings is 1. The standard InChI is InChI=1S/C16H14N4O2/c1-10-6-14(19-13-2-4-17-5-3-13)8-11-7-12(16(21)20-22)9-18-15(10)11/h2-9,22H,1H3,(H,17,19)(H,20,21). The van der Waals surface area contributed by atoms with E-state index in [9.17, 15) is 4.79 Å². The number of carbonyl (C=O) groups is 1. The Hall–Kier alpha value is -2.99. The number of hydroxylamine groups is 1. The molecule has 6 heteroatoms. The van der Waals surface area contributed by atoms with Crippen molar-refractivity contribution in [1.29, 1.82) is 0 Å². The monoisotopic (exact) mass is 294 g/mol. The number of anilines is 2. The third kappa shape index (κ3) is 2.72. The van der Waals surface area contributed by atoms with E-state index >= 15 is 0 Å². The second-order valence-corrected chi connectivity index (χ2v) is 4.89.